The molecule has 0 radical (unpaired) electrons. The van der Waals surface area contributed by atoms with Crippen molar-refractivity contribution in [2.24, 2.45) is 5.41 Å². The molecule has 30 heteroatoms. The van der Waals surface area contributed by atoms with Gasteiger partial charge in [0.1, 0.15) is 36.3 Å². The number of rotatable bonds is 21. The minimum absolute atomic E-state index is 0.0147. The Morgan fingerprint density at radius 3 is 2.38 bits per heavy atom. The number of phosphoric ester groups is 3. The highest BCUT2D eigenvalue weighted by atomic mass is 32.2. The molecule has 3 rings (SSSR count). The van der Waals surface area contributed by atoms with Gasteiger partial charge in [-0.25, -0.2) is 33.4 Å². The maximum absolute atomic E-state index is 12.7. The van der Waals surface area contributed by atoms with E-state index in [1.54, 1.807) is 0 Å². The SMILES string of the molecule is C/C(=C/C(=O)O)C(=O)SCCNC(=O)CCNC(=O)[C@H](O)C(C)(C)COP(=O)(O)OP(=O)(O)OC[C@H]1O[C@@H](n2cnc3c(N)ncnc32)[C@H](O)[C@@H]1OP(=O)(O)O. The molecule has 2 aromatic rings. The number of carbonyl (C=O) groups is 4. The average Bonchev–Trinajstić information content (AvgIpc) is 3.64. The maximum Gasteiger partial charge on any atom is 0.481 e. The van der Waals surface area contributed by atoms with Crippen molar-refractivity contribution in [1.82, 2.24) is 30.2 Å². The lowest BCUT2D eigenvalue weighted by Crippen LogP contribution is -2.46. The summed E-state index contributed by atoms with van der Waals surface area (Å²) in [5.74, 6) is -2.75. The van der Waals surface area contributed by atoms with Gasteiger partial charge >= 0.3 is 29.4 Å². The number of aliphatic hydroxyl groups is 2. The van der Waals surface area contributed by atoms with Crippen LogP contribution < -0.4 is 16.4 Å². The van der Waals surface area contributed by atoms with Crippen molar-refractivity contribution in [3.8, 4) is 0 Å². The molecule has 1 fully saturated rings. The molecule has 1 aliphatic heterocycles. The van der Waals surface area contributed by atoms with Gasteiger partial charge in [-0.1, -0.05) is 25.6 Å². The molecule has 26 nitrogen and oxygen atoms in total. The number of carbonyl (C=O) groups excluding carboxylic acids is 3. The fraction of sp³-hybridized carbons (Fsp3) is 0.577. The molecule has 2 unspecified atom stereocenters. The third-order valence-corrected chi connectivity index (χ3v) is 11.5. The Balaban J connectivity index is 1.49. The maximum atomic E-state index is 12.7. The number of nitrogens with one attached hydrogen (secondary N) is 2. The molecule has 2 aromatic heterocycles. The number of fused-ring (bicyclic) bond motifs is 1. The first-order chi connectivity index (χ1) is 25.8. The number of hydrogen-bond acceptors (Lipinski definition) is 19. The first kappa shape index (κ1) is 47.1. The van der Waals surface area contributed by atoms with Crippen LogP contribution in [0.2, 0.25) is 0 Å². The van der Waals surface area contributed by atoms with Gasteiger partial charge in [0, 0.05) is 42.3 Å². The Bertz CT molecular complexity index is 1940. The summed E-state index contributed by atoms with van der Waals surface area (Å²) in [6.45, 7) is 1.48. The van der Waals surface area contributed by atoms with Crippen LogP contribution >= 0.6 is 35.2 Å². The molecule has 0 spiro atoms. The van der Waals surface area contributed by atoms with Crippen LogP contribution in [-0.4, -0.2) is 134 Å². The number of imidazole rings is 1. The van der Waals surface area contributed by atoms with Gasteiger partial charge < -0.3 is 56.0 Å². The first-order valence-electron chi connectivity index (χ1n) is 15.8. The predicted molar refractivity (Wildman–Crippen MR) is 188 cm³/mol. The largest absolute Gasteiger partial charge is 0.481 e. The quantitative estimate of drug-likeness (QED) is 0.0395. The van der Waals surface area contributed by atoms with E-state index in [-0.39, 0.29) is 47.8 Å². The Labute approximate surface area is 320 Å². The van der Waals surface area contributed by atoms with Gasteiger partial charge in [-0.05, 0) is 6.92 Å². The molecular formula is C26H40N7O19P3S. The molecule has 3 heterocycles. The van der Waals surface area contributed by atoms with Gasteiger partial charge in [-0.15, -0.1) is 0 Å². The Kier molecular flexibility index (Phi) is 16.4. The van der Waals surface area contributed by atoms with Crippen molar-refractivity contribution in [1.29, 1.82) is 0 Å². The minimum atomic E-state index is -5.59. The highest BCUT2D eigenvalue weighted by Gasteiger charge is 2.50. The van der Waals surface area contributed by atoms with Crippen molar-refractivity contribution in [3.63, 3.8) is 0 Å². The number of carboxylic acid groups (broad SMARTS) is 1. The van der Waals surface area contributed by atoms with Crippen LogP contribution in [0.5, 0.6) is 0 Å². The van der Waals surface area contributed by atoms with E-state index >= 15 is 0 Å². The number of nitrogen functional groups attached to an aromatic ring is 1. The molecule has 11 N–H and O–H groups in total. The lowest BCUT2D eigenvalue weighted by atomic mass is 9.87. The summed E-state index contributed by atoms with van der Waals surface area (Å²) >= 11 is 0.789. The molecule has 56 heavy (non-hydrogen) atoms. The van der Waals surface area contributed by atoms with Crippen LogP contribution in [0, 0.1) is 5.41 Å². The van der Waals surface area contributed by atoms with Gasteiger partial charge in [-0.3, -0.25) is 32.5 Å². The number of anilines is 1. The Morgan fingerprint density at radius 2 is 1.73 bits per heavy atom. The van der Waals surface area contributed by atoms with E-state index in [0.717, 1.165) is 35.1 Å². The van der Waals surface area contributed by atoms with Crippen molar-refractivity contribution in [2.45, 2.75) is 57.8 Å². The van der Waals surface area contributed by atoms with Crippen LogP contribution in [0.15, 0.2) is 24.3 Å². The summed E-state index contributed by atoms with van der Waals surface area (Å²) in [4.78, 5) is 97.8. The third kappa shape index (κ3) is 14.0. The molecule has 1 saturated heterocycles. The van der Waals surface area contributed by atoms with E-state index < -0.39 is 95.6 Å². The lowest BCUT2D eigenvalue weighted by molar-refractivity contribution is -0.137. The zero-order chi connectivity index (χ0) is 42.2. The number of aromatic nitrogens is 4. The minimum Gasteiger partial charge on any atom is -0.478 e. The van der Waals surface area contributed by atoms with Gasteiger partial charge in [0.05, 0.1) is 19.5 Å². The van der Waals surface area contributed by atoms with Gasteiger partial charge in [-0.2, -0.15) is 4.31 Å². The van der Waals surface area contributed by atoms with Crippen LogP contribution in [0.3, 0.4) is 0 Å². The number of phosphoric acid groups is 3. The van der Waals surface area contributed by atoms with Gasteiger partial charge in [0.15, 0.2) is 17.7 Å². The molecule has 7 atom stereocenters. The van der Waals surface area contributed by atoms with Crippen LogP contribution in [0.25, 0.3) is 11.2 Å². The Hall–Kier alpha value is -3.23. The summed E-state index contributed by atoms with van der Waals surface area (Å²) in [7, 11) is -16.5. The second kappa shape index (κ2) is 19.5. The number of amides is 2. The van der Waals surface area contributed by atoms with E-state index in [1.807, 2.05) is 0 Å². The molecule has 0 aromatic carbocycles. The molecule has 0 saturated carbocycles. The van der Waals surface area contributed by atoms with E-state index in [4.69, 9.17) is 24.6 Å². The van der Waals surface area contributed by atoms with E-state index in [1.165, 1.54) is 20.8 Å². The predicted octanol–water partition coefficient (Wildman–Crippen LogP) is -1.30. The second-order valence-corrected chi connectivity index (χ2v) is 17.7. The first-order valence-corrected chi connectivity index (χ1v) is 21.3. The van der Waals surface area contributed by atoms with Crippen molar-refractivity contribution in [2.75, 3.05) is 37.8 Å². The molecule has 0 aliphatic carbocycles. The zero-order valence-corrected chi connectivity index (χ0v) is 33.0. The number of ether oxygens (including phenoxy) is 1. The normalized spacial score (nSPS) is 21.9. The van der Waals surface area contributed by atoms with E-state index in [2.05, 4.69) is 34.4 Å². The number of carboxylic acids is 1. The van der Waals surface area contributed by atoms with Crippen LogP contribution in [0.4, 0.5) is 5.82 Å². The van der Waals surface area contributed by atoms with E-state index in [0.29, 0.717) is 0 Å². The zero-order valence-electron chi connectivity index (χ0n) is 29.5. The number of nitrogens with two attached hydrogens (primary N) is 1. The van der Waals surface area contributed by atoms with Crippen molar-refractivity contribution in [3.05, 3.63) is 24.3 Å². The molecular weight excluding hydrogens is 839 g/mol. The van der Waals surface area contributed by atoms with Crippen LogP contribution in [0.1, 0.15) is 33.4 Å². The van der Waals surface area contributed by atoms with E-state index in [9.17, 15) is 62.7 Å². The number of nitrogens with zero attached hydrogens (tertiary/aromatic N) is 4. The molecule has 0 bridgehead atoms. The van der Waals surface area contributed by atoms with Gasteiger partial charge in [0.25, 0.3) is 0 Å². The molecule has 1 aliphatic rings. The monoisotopic (exact) mass is 879 g/mol. The molecule has 314 valence electrons. The summed E-state index contributed by atoms with van der Waals surface area (Å²) in [5, 5.41) is 34.3. The molecule has 2 amide bonds. The number of hydrogen-bond donors (Lipinski definition) is 10. The lowest BCUT2D eigenvalue weighted by Gasteiger charge is -2.30. The topological polar surface area (TPSA) is 401 Å². The summed E-state index contributed by atoms with van der Waals surface area (Å²) < 4.78 is 61.9. The Morgan fingerprint density at radius 1 is 1.07 bits per heavy atom. The number of thioether (sulfide) groups is 1. The number of aliphatic carboxylic acids is 1. The van der Waals surface area contributed by atoms with Gasteiger partial charge in [0.2, 0.25) is 16.9 Å². The summed E-state index contributed by atoms with van der Waals surface area (Å²) in [6, 6.07) is 0. The highest BCUT2D eigenvalue weighted by molar-refractivity contribution is 8.14. The third-order valence-electron chi connectivity index (χ3n) is 7.40. The highest BCUT2D eigenvalue weighted by Crippen LogP contribution is 2.61. The average molecular weight is 880 g/mol. The van der Waals surface area contributed by atoms with Crippen molar-refractivity contribution >= 4 is 75.1 Å². The van der Waals surface area contributed by atoms with Crippen molar-refractivity contribution < 1.29 is 90.4 Å². The summed E-state index contributed by atoms with van der Waals surface area (Å²) in [6.07, 6.45) is -6.37. The summed E-state index contributed by atoms with van der Waals surface area (Å²) in [5.41, 5.74) is 4.20. The smallest absolute Gasteiger partial charge is 0.478 e. The fourth-order valence-corrected chi connectivity index (χ4v) is 8.14. The fourth-order valence-electron chi connectivity index (χ4n) is 4.63. The standard InChI is InChI=1S/C26H40N7O19P3S/c1-13(8-16(35)36)25(40)56-7-6-28-15(34)4-5-29-23(39)20(38)26(2,3)10-49-55(46,47)52-54(44,45)48-9-14-19(51-53(41,42)43)18(37)24(50-14)33-12-32-17-21(27)30-11-31-22(17)33/h8,11-12,14,18-20,24,37-38H,4-7,9-10H2,1-3H3,(H,28,34)(H,29,39)(H,35,36)(H,44,45)(H,46,47)(H2,27,30,31)(H2,41,42,43)/b13-8-/t14-,18-,19-,20+,24-/m1/s1. The van der Waals surface area contributed by atoms with Crippen LogP contribution in [-0.2, 0) is 55.5 Å². The number of aliphatic hydroxyl groups excluding tert-OH is 2. The second-order valence-electron chi connectivity index (χ2n) is 12.4.